The maximum absolute atomic E-state index is 9.06. The van der Waals surface area contributed by atoms with E-state index < -0.39 is 6.10 Å². The van der Waals surface area contributed by atoms with Gasteiger partial charge < -0.3 is 19.3 Å². The lowest BCUT2D eigenvalue weighted by Crippen LogP contribution is -2.25. The number of unbranched alkanes of at least 4 members (excludes halogenated alkanes) is 1. The van der Waals surface area contributed by atoms with Crippen LogP contribution >= 0.6 is 0 Å². The largest absolute Gasteiger partial charge is 0.391 e. The molecule has 0 spiro atoms. The van der Waals surface area contributed by atoms with Crippen LogP contribution in [0.4, 0.5) is 0 Å². The van der Waals surface area contributed by atoms with Crippen LogP contribution in [0.1, 0.15) is 40.5 Å². The van der Waals surface area contributed by atoms with Gasteiger partial charge in [-0.15, -0.1) is 0 Å². The Morgan fingerprint density at radius 1 is 0.941 bits per heavy atom. The highest BCUT2D eigenvalue weighted by atomic mass is 16.6. The number of aliphatic hydroxyl groups excluding tert-OH is 1. The highest BCUT2D eigenvalue weighted by molar-refractivity contribution is 4.54. The number of hydrogen-bond donors (Lipinski definition) is 1. The summed E-state index contributed by atoms with van der Waals surface area (Å²) in [5.41, 5.74) is 0. The third-order valence-corrected chi connectivity index (χ3v) is 2.23. The molecule has 0 aliphatic rings. The fourth-order valence-electron chi connectivity index (χ4n) is 1.20. The van der Waals surface area contributed by atoms with Crippen molar-refractivity contribution in [2.24, 2.45) is 0 Å². The molecule has 4 heteroatoms. The van der Waals surface area contributed by atoms with Crippen LogP contribution in [0.5, 0.6) is 0 Å². The van der Waals surface area contributed by atoms with Crippen molar-refractivity contribution in [2.75, 3.05) is 26.4 Å². The Hall–Kier alpha value is -0.160. The molecule has 17 heavy (non-hydrogen) atoms. The normalized spacial score (nSPS) is 16.8. The van der Waals surface area contributed by atoms with Crippen molar-refractivity contribution in [2.45, 2.75) is 58.8 Å². The molecule has 0 aliphatic heterocycles. The third kappa shape index (κ3) is 12.1. The highest BCUT2D eigenvalue weighted by Crippen LogP contribution is 1.99. The number of hydrogen-bond acceptors (Lipinski definition) is 4. The molecule has 0 aromatic heterocycles. The Morgan fingerprint density at radius 2 is 1.53 bits per heavy atom. The minimum Gasteiger partial charge on any atom is -0.391 e. The van der Waals surface area contributed by atoms with Crippen molar-refractivity contribution >= 4 is 0 Å². The van der Waals surface area contributed by atoms with Gasteiger partial charge in [-0.1, -0.05) is 13.3 Å². The summed E-state index contributed by atoms with van der Waals surface area (Å²) in [7, 11) is 0. The quantitative estimate of drug-likeness (QED) is 0.568. The average Bonchev–Trinajstić information content (AvgIpc) is 2.29. The highest BCUT2D eigenvalue weighted by Gasteiger charge is 2.08. The lowest BCUT2D eigenvalue weighted by Gasteiger charge is -2.18. The summed E-state index contributed by atoms with van der Waals surface area (Å²) in [4.78, 5) is 0. The van der Waals surface area contributed by atoms with Gasteiger partial charge in [0, 0.05) is 6.61 Å². The zero-order valence-corrected chi connectivity index (χ0v) is 11.6. The molecule has 1 N–H and O–H groups in total. The van der Waals surface area contributed by atoms with Gasteiger partial charge in [0.15, 0.2) is 0 Å². The van der Waals surface area contributed by atoms with Gasteiger partial charge in [-0.3, -0.25) is 0 Å². The van der Waals surface area contributed by atoms with Gasteiger partial charge in [0.05, 0.1) is 38.1 Å². The summed E-state index contributed by atoms with van der Waals surface area (Å²) in [6, 6.07) is 0. The van der Waals surface area contributed by atoms with Crippen LogP contribution in [0, 0.1) is 0 Å². The molecule has 0 saturated carbocycles. The Morgan fingerprint density at radius 3 is 2.12 bits per heavy atom. The van der Waals surface area contributed by atoms with E-state index in [1.807, 2.05) is 13.8 Å². The maximum atomic E-state index is 9.06. The predicted octanol–water partition coefficient (Wildman–Crippen LogP) is 1.99. The minimum atomic E-state index is -0.424. The van der Waals surface area contributed by atoms with E-state index in [1.54, 1.807) is 6.92 Å². The average molecular weight is 248 g/mol. The molecule has 0 heterocycles. The summed E-state index contributed by atoms with van der Waals surface area (Å²) in [6.07, 6.45) is 1.92. The predicted molar refractivity (Wildman–Crippen MR) is 68.2 cm³/mol. The molecule has 0 saturated heterocycles. The van der Waals surface area contributed by atoms with Gasteiger partial charge in [0.25, 0.3) is 0 Å². The zero-order chi connectivity index (χ0) is 13.1. The topological polar surface area (TPSA) is 47.9 Å². The van der Waals surface area contributed by atoms with E-state index in [2.05, 4.69) is 6.92 Å². The van der Waals surface area contributed by atoms with Crippen molar-refractivity contribution in [3.63, 3.8) is 0 Å². The molecule has 0 radical (unpaired) electrons. The Labute approximate surface area is 105 Å². The zero-order valence-electron chi connectivity index (χ0n) is 11.6. The van der Waals surface area contributed by atoms with Crippen LogP contribution in [0.15, 0.2) is 0 Å². The van der Waals surface area contributed by atoms with E-state index in [1.165, 1.54) is 0 Å². The molecule has 2 unspecified atom stereocenters. The van der Waals surface area contributed by atoms with E-state index in [0.29, 0.717) is 19.8 Å². The van der Waals surface area contributed by atoms with E-state index in [4.69, 9.17) is 19.3 Å². The molecule has 3 atom stereocenters. The van der Waals surface area contributed by atoms with E-state index in [-0.39, 0.29) is 12.2 Å². The van der Waals surface area contributed by atoms with E-state index >= 15 is 0 Å². The third-order valence-electron chi connectivity index (χ3n) is 2.23. The first kappa shape index (κ1) is 16.8. The van der Waals surface area contributed by atoms with E-state index in [0.717, 1.165) is 19.4 Å². The number of aliphatic hydroxyl groups is 1. The molecule has 4 nitrogen and oxygen atoms in total. The van der Waals surface area contributed by atoms with Gasteiger partial charge in [0.1, 0.15) is 0 Å². The number of rotatable bonds is 11. The van der Waals surface area contributed by atoms with Crippen molar-refractivity contribution in [3.05, 3.63) is 0 Å². The van der Waals surface area contributed by atoms with Gasteiger partial charge in [-0.25, -0.2) is 0 Å². The van der Waals surface area contributed by atoms with E-state index in [9.17, 15) is 0 Å². The molecule has 0 aromatic carbocycles. The van der Waals surface area contributed by atoms with Gasteiger partial charge >= 0.3 is 0 Å². The van der Waals surface area contributed by atoms with Crippen LogP contribution in [-0.2, 0) is 14.2 Å². The maximum Gasteiger partial charge on any atom is 0.0781 e. The Balaban J connectivity index is 3.38. The van der Waals surface area contributed by atoms with Gasteiger partial charge in [-0.2, -0.15) is 0 Å². The molecule has 0 aliphatic carbocycles. The monoisotopic (exact) mass is 248 g/mol. The first-order valence-corrected chi connectivity index (χ1v) is 6.55. The van der Waals surface area contributed by atoms with Crippen molar-refractivity contribution in [3.8, 4) is 0 Å². The SMILES string of the molecule is CCCCOC[C@@H](C)OCC(C)OCC(C)O. The molecular weight excluding hydrogens is 220 g/mol. The van der Waals surface area contributed by atoms with Crippen molar-refractivity contribution < 1.29 is 19.3 Å². The van der Waals surface area contributed by atoms with Gasteiger partial charge in [0.2, 0.25) is 0 Å². The summed E-state index contributed by atoms with van der Waals surface area (Å²) in [6.45, 7) is 10.1. The summed E-state index contributed by atoms with van der Waals surface area (Å²) in [5, 5.41) is 9.06. The van der Waals surface area contributed by atoms with Crippen LogP contribution in [0.25, 0.3) is 0 Å². The van der Waals surface area contributed by atoms with Crippen molar-refractivity contribution in [1.29, 1.82) is 0 Å². The molecule has 0 amide bonds. The van der Waals surface area contributed by atoms with Gasteiger partial charge in [-0.05, 0) is 27.2 Å². The standard InChI is InChI=1S/C13H28O4/c1-5-6-7-15-9-12(3)17-10-13(4)16-8-11(2)14/h11-14H,5-10H2,1-4H3/t11?,12-,13?/m1/s1. The van der Waals surface area contributed by atoms with Crippen LogP contribution in [0.2, 0.25) is 0 Å². The summed E-state index contributed by atoms with van der Waals surface area (Å²) < 4.78 is 16.4. The van der Waals surface area contributed by atoms with Crippen LogP contribution < -0.4 is 0 Å². The lowest BCUT2D eigenvalue weighted by molar-refractivity contribution is -0.0701. The van der Waals surface area contributed by atoms with Crippen LogP contribution in [-0.4, -0.2) is 49.8 Å². The molecule has 0 rings (SSSR count). The fourth-order valence-corrected chi connectivity index (χ4v) is 1.20. The second-order valence-electron chi connectivity index (χ2n) is 4.57. The minimum absolute atomic E-state index is 0.00249. The van der Waals surface area contributed by atoms with Crippen LogP contribution in [0.3, 0.4) is 0 Å². The Kier molecular flexibility index (Phi) is 10.9. The summed E-state index contributed by atoms with van der Waals surface area (Å²) in [5.74, 6) is 0. The second-order valence-corrected chi connectivity index (χ2v) is 4.57. The molecule has 0 aromatic rings. The fraction of sp³-hybridized carbons (Fsp3) is 1.00. The molecule has 104 valence electrons. The first-order valence-electron chi connectivity index (χ1n) is 6.55. The van der Waals surface area contributed by atoms with Crippen molar-refractivity contribution in [1.82, 2.24) is 0 Å². The lowest BCUT2D eigenvalue weighted by atomic mass is 10.3. The smallest absolute Gasteiger partial charge is 0.0781 e. The first-order chi connectivity index (χ1) is 8.06. The second kappa shape index (κ2) is 11.0. The Bertz CT molecular complexity index is 161. The summed E-state index contributed by atoms with van der Waals surface area (Å²) >= 11 is 0. The molecular formula is C13H28O4. The molecule has 0 fully saturated rings. The molecule has 0 bridgehead atoms. The number of ether oxygens (including phenoxy) is 3.